The summed E-state index contributed by atoms with van der Waals surface area (Å²) in [4.78, 5) is 54.1. The average molecular weight is 393 g/mol. The van der Waals surface area contributed by atoms with E-state index in [-0.39, 0.29) is 31.1 Å². The number of rotatable bonds is 10. The highest BCUT2D eigenvalue weighted by molar-refractivity contribution is 6.01. The Bertz CT molecular complexity index is 622. The van der Waals surface area contributed by atoms with E-state index in [9.17, 15) is 19.2 Å². The molecule has 1 saturated heterocycles. The van der Waals surface area contributed by atoms with E-state index in [1.54, 1.807) is 0 Å². The van der Waals surface area contributed by atoms with Gasteiger partial charge in [0.1, 0.15) is 0 Å². The third-order valence-electron chi connectivity index (χ3n) is 5.18. The Balaban J connectivity index is 1.50. The smallest absolute Gasteiger partial charge is 0.333 e. The van der Waals surface area contributed by atoms with Gasteiger partial charge in [-0.05, 0) is 50.0 Å². The Morgan fingerprint density at radius 2 is 1.79 bits per heavy atom. The van der Waals surface area contributed by atoms with E-state index in [0.29, 0.717) is 30.5 Å². The molecule has 1 saturated carbocycles. The van der Waals surface area contributed by atoms with Gasteiger partial charge in [0.25, 0.3) is 11.8 Å². The lowest BCUT2D eigenvalue weighted by atomic mass is 9.81. The van der Waals surface area contributed by atoms with Gasteiger partial charge in [0, 0.05) is 43.2 Å². The summed E-state index contributed by atoms with van der Waals surface area (Å²) in [5.41, 5.74) is 8.35. The minimum Gasteiger partial charge on any atom is -0.356 e. The number of imide groups is 1. The highest BCUT2D eigenvalue weighted by Gasteiger charge is 2.32. The summed E-state index contributed by atoms with van der Waals surface area (Å²) in [6.45, 7) is 1.06. The zero-order valence-corrected chi connectivity index (χ0v) is 16.0. The first-order chi connectivity index (χ1) is 13.5. The minimum absolute atomic E-state index is 0.0211. The lowest BCUT2D eigenvalue weighted by Crippen LogP contribution is -2.34. The van der Waals surface area contributed by atoms with Gasteiger partial charge in [0.15, 0.2) is 0 Å². The van der Waals surface area contributed by atoms with Crippen molar-refractivity contribution in [3.05, 3.63) is 10.4 Å². The van der Waals surface area contributed by atoms with E-state index in [1.807, 2.05) is 0 Å². The molecule has 3 amide bonds. The molecule has 0 spiro atoms. The minimum atomic E-state index is -0.592. The number of carbonyl (C=O) groups excluding carboxylic acids is 4. The summed E-state index contributed by atoms with van der Waals surface area (Å²) in [5.74, 6) is -1.09. The second kappa shape index (κ2) is 11.3. The van der Waals surface area contributed by atoms with Crippen LogP contribution in [0.4, 0.5) is 0 Å². The van der Waals surface area contributed by atoms with Crippen molar-refractivity contribution in [3.63, 3.8) is 0 Å². The molecule has 0 radical (unpaired) electrons. The molecule has 0 aromatic rings. The monoisotopic (exact) mass is 393 g/mol. The summed E-state index contributed by atoms with van der Waals surface area (Å²) in [7, 11) is 0. The first-order valence-corrected chi connectivity index (χ1v) is 9.86. The maximum atomic E-state index is 12.2. The van der Waals surface area contributed by atoms with Gasteiger partial charge in [-0.3, -0.25) is 14.4 Å². The average Bonchev–Trinajstić information content (AvgIpc) is 3.01. The van der Waals surface area contributed by atoms with E-state index in [1.165, 1.54) is 0 Å². The maximum Gasteiger partial charge on any atom is 0.333 e. The van der Waals surface area contributed by atoms with E-state index < -0.39 is 17.8 Å². The molecule has 154 valence electrons. The molecule has 1 aliphatic carbocycles. The zero-order chi connectivity index (χ0) is 20.4. The summed E-state index contributed by atoms with van der Waals surface area (Å²) >= 11 is 0. The first-order valence-electron chi connectivity index (χ1n) is 9.86. The number of hydroxylamine groups is 2. The fraction of sp³-hybridized carbons (Fsp3) is 0.778. The van der Waals surface area contributed by atoms with Crippen LogP contribution in [0.5, 0.6) is 0 Å². The maximum absolute atomic E-state index is 12.2. The predicted octanol–water partition coefficient (Wildman–Crippen LogP) is 2.39. The van der Waals surface area contributed by atoms with Crippen LogP contribution in [-0.4, -0.2) is 41.8 Å². The molecule has 1 aliphatic heterocycles. The molecule has 1 N–H and O–H groups in total. The van der Waals surface area contributed by atoms with Gasteiger partial charge >= 0.3 is 5.97 Å². The van der Waals surface area contributed by atoms with Gasteiger partial charge in [0.05, 0.1) is 0 Å². The number of nitrogens with zero attached hydrogens (tertiary/aromatic N) is 4. The highest BCUT2D eigenvalue weighted by atomic mass is 16.7. The van der Waals surface area contributed by atoms with Crippen LogP contribution >= 0.6 is 0 Å². The topological polar surface area (TPSA) is 142 Å². The fourth-order valence-corrected chi connectivity index (χ4v) is 3.49. The third-order valence-corrected chi connectivity index (χ3v) is 5.18. The first kappa shape index (κ1) is 21.7. The molecule has 2 aliphatic rings. The van der Waals surface area contributed by atoms with Crippen LogP contribution in [0.3, 0.4) is 0 Å². The van der Waals surface area contributed by atoms with Gasteiger partial charge in [0.2, 0.25) is 5.91 Å². The Morgan fingerprint density at radius 3 is 2.43 bits per heavy atom. The zero-order valence-electron chi connectivity index (χ0n) is 16.0. The number of unbranched alkanes of at least 4 members (excludes halogenated alkanes) is 2. The molecule has 28 heavy (non-hydrogen) atoms. The molecular formula is C18H27N5O5. The fourth-order valence-electron chi connectivity index (χ4n) is 3.49. The van der Waals surface area contributed by atoms with Gasteiger partial charge in [-0.15, -0.1) is 5.06 Å². The van der Waals surface area contributed by atoms with Crippen molar-refractivity contribution in [2.45, 2.75) is 64.2 Å². The largest absolute Gasteiger partial charge is 0.356 e. The molecule has 1 heterocycles. The Hall–Kier alpha value is -2.61. The lowest BCUT2D eigenvalue weighted by Gasteiger charge is -2.26. The SMILES string of the molecule is [N-]=[N+]=NCC1CCC(C(=O)NCCCCCC(=O)ON2C(=O)CCC2=O)CC1. The normalized spacial score (nSPS) is 21.9. The van der Waals surface area contributed by atoms with Gasteiger partial charge < -0.3 is 10.2 Å². The number of nitrogens with one attached hydrogen (secondary N) is 1. The van der Waals surface area contributed by atoms with Crippen LogP contribution in [0.1, 0.15) is 64.2 Å². The molecule has 10 heteroatoms. The molecule has 0 unspecified atom stereocenters. The quantitative estimate of drug-likeness (QED) is 0.199. The summed E-state index contributed by atoms with van der Waals surface area (Å²) in [5, 5.41) is 7.10. The molecule has 0 bridgehead atoms. The number of carbonyl (C=O) groups is 4. The molecule has 0 aromatic heterocycles. The second-order valence-electron chi connectivity index (χ2n) is 7.28. The summed E-state index contributed by atoms with van der Waals surface area (Å²) in [6.07, 6.45) is 5.78. The summed E-state index contributed by atoms with van der Waals surface area (Å²) < 4.78 is 0. The van der Waals surface area contributed by atoms with Crippen molar-refractivity contribution in [1.29, 1.82) is 0 Å². The van der Waals surface area contributed by atoms with Crippen LogP contribution < -0.4 is 5.32 Å². The van der Waals surface area contributed by atoms with E-state index in [2.05, 4.69) is 15.3 Å². The third kappa shape index (κ3) is 6.84. The number of hydrogen-bond acceptors (Lipinski definition) is 6. The van der Waals surface area contributed by atoms with Crippen LogP contribution in [0, 0.1) is 11.8 Å². The summed E-state index contributed by atoms with van der Waals surface area (Å²) in [6, 6.07) is 0. The van der Waals surface area contributed by atoms with Crippen LogP contribution in [0.2, 0.25) is 0 Å². The standard InChI is InChI=1S/C18H27N5O5/c19-22-21-12-13-5-7-14(8-6-13)18(27)20-11-3-1-2-4-17(26)28-23-15(24)9-10-16(23)25/h13-14H,1-12H2,(H,20,27). The van der Waals surface area contributed by atoms with Crippen molar-refractivity contribution in [3.8, 4) is 0 Å². The van der Waals surface area contributed by atoms with Crippen LogP contribution in [-0.2, 0) is 24.0 Å². The number of azide groups is 1. The van der Waals surface area contributed by atoms with Crippen molar-refractivity contribution in [2.75, 3.05) is 13.1 Å². The Labute approximate surface area is 163 Å². The number of hydrogen-bond donors (Lipinski definition) is 1. The van der Waals surface area contributed by atoms with Crippen molar-refractivity contribution in [2.24, 2.45) is 17.0 Å². The van der Waals surface area contributed by atoms with E-state index in [4.69, 9.17) is 10.4 Å². The predicted molar refractivity (Wildman–Crippen MR) is 98.1 cm³/mol. The van der Waals surface area contributed by atoms with Crippen LogP contribution in [0.15, 0.2) is 5.11 Å². The molecular weight excluding hydrogens is 366 g/mol. The molecule has 2 rings (SSSR count). The van der Waals surface area contributed by atoms with Gasteiger partial charge in [-0.2, -0.15) is 0 Å². The van der Waals surface area contributed by atoms with E-state index in [0.717, 1.165) is 38.5 Å². The van der Waals surface area contributed by atoms with Crippen LogP contribution in [0.25, 0.3) is 10.4 Å². The van der Waals surface area contributed by atoms with Gasteiger partial charge in [-0.25, -0.2) is 4.79 Å². The second-order valence-corrected chi connectivity index (χ2v) is 7.28. The van der Waals surface area contributed by atoms with E-state index >= 15 is 0 Å². The molecule has 2 fully saturated rings. The molecule has 0 aromatic carbocycles. The molecule has 0 atom stereocenters. The van der Waals surface area contributed by atoms with Crippen molar-refractivity contribution < 1.29 is 24.0 Å². The van der Waals surface area contributed by atoms with Gasteiger partial charge in [-0.1, -0.05) is 11.5 Å². The highest BCUT2D eigenvalue weighted by Crippen LogP contribution is 2.29. The molecule has 10 nitrogen and oxygen atoms in total. The number of amides is 3. The Morgan fingerprint density at radius 1 is 1.11 bits per heavy atom. The van der Waals surface area contributed by atoms with Crippen molar-refractivity contribution in [1.82, 2.24) is 10.4 Å². The Kier molecular flexibility index (Phi) is 8.74. The lowest BCUT2D eigenvalue weighted by molar-refractivity contribution is -0.197. The van der Waals surface area contributed by atoms with Crippen molar-refractivity contribution >= 4 is 23.7 Å².